The van der Waals surface area contributed by atoms with Crippen molar-refractivity contribution in [3.05, 3.63) is 12.3 Å². The zero-order valence-corrected chi connectivity index (χ0v) is 11.8. The van der Waals surface area contributed by atoms with Crippen LogP contribution in [0, 0.1) is 5.41 Å². The average molecular weight is 267 g/mol. The number of carboxylic acid groups (broad SMARTS) is 1. The Morgan fingerprint density at radius 2 is 2.21 bits per heavy atom. The lowest BCUT2D eigenvalue weighted by Gasteiger charge is -2.21. The van der Waals surface area contributed by atoms with Crippen LogP contribution in [0.2, 0.25) is 0 Å². The Labute approximate surface area is 113 Å². The third-order valence-electron chi connectivity index (χ3n) is 2.62. The summed E-state index contributed by atoms with van der Waals surface area (Å²) in [6, 6.07) is 0.905. The van der Waals surface area contributed by atoms with E-state index in [0.717, 1.165) is 6.42 Å². The van der Waals surface area contributed by atoms with Crippen molar-refractivity contribution in [2.45, 2.75) is 39.7 Å². The smallest absolute Gasteiger partial charge is 0.326 e. The summed E-state index contributed by atoms with van der Waals surface area (Å²) < 4.78 is 4.97. The van der Waals surface area contributed by atoms with Crippen LogP contribution in [-0.2, 0) is 4.79 Å². The van der Waals surface area contributed by atoms with Gasteiger partial charge in [-0.25, -0.2) is 9.78 Å². The van der Waals surface area contributed by atoms with Crippen molar-refractivity contribution in [2.24, 2.45) is 5.41 Å². The Bertz CT molecular complexity index is 429. The maximum atomic E-state index is 11.2. The number of carbonyl (C=O) groups is 1. The first-order valence-electron chi connectivity index (χ1n) is 6.18. The summed E-state index contributed by atoms with van der Waals surface area (Å²) in [5.41, 5.74) is 0.0879. The molecule has 1 aromatic rings. The van der Waals surface area contributed by atoms with Crippen LogP contribution in [0.5, 0.6) is 5.88 Å². The fourth-order valence-corrected chi connectivity index (χ4v) is 1.52. The van der Waals surface area contributed by atoms with E-state index in [9.17, 15) is 9.90 Å². The number of aliphatic carboxylic acids is 1. The molecule has 6 nitrogen and oxygen atoms in total. The van der Waals surface area contributed by atoms with Crippen LogP contribution in [0.15, 0.2) is 12.3 Å². The zero-order valence-electron chi connectivity index (χ0n) is 11.8. The fourth-order valence-electron chi connectivity index (χ4n) is 1.52. The molecular formula is C13H21N3O3. The van der Waals surface area contributed by atoms with Gasteiger partial charge >= 0.3 is 5.97 Å². The summed E-state index contributed by atoms with van der Waals surface area (Å²) in [6.45, 7) is 6.23. The number of hydrogen-bond donors (Lipinski definition) is 2. The molecule has 0 unspecified atom stereocenters. The second-order valence-corrected chi connectivity index (χ2v) is 5.56. The van der Waals surface area contributed by atoms with E-state index in [1.165, 1.54) is 13.3 Å². The second-order valence-electron chi connectivity index (χ2n) is 5.56. The predicted octanol–water partition coefficient (Wildman–Crippen LogP) is 2.18. The summed E-state index contributed by atoms with van der Waals surface area (Å²) in [6.07, 6.45) is 2.83. The van der Waals surface area contributed by atoms with Gasteiger partial charge < -0.3 is 15.2 Å². The molecule has 0 aromatic carbocycles. The van der Waals surface area contributed by atoms with Crippen molar-refractivity contribution < 1.29 is 14.6 Å². The molecule has 0 aliphatic carbocycles. The number of anilines is 1. The number of hydrogen-bond acceptors (Lipinski definition) is 5. The number of rotatable bonds is 6. The molecule has 2 N–H and O–H groups in total. The van der Waals surface area contributed by atoms with Crippen LogP contribution in [0.4, 0.5) is 5.95 Å². The van der Waals surface area contributed by atoms with Gasteiger partial charge in [0.25, 0.3) is 0 Å². The first kappa shape index (κ1) is 15.2. The number of ether oxygens (including phenoxy) is 1. The van der Waals surface area contributed by atoms with E-state index in [4.69, 9.17) is 4.74 Å². The monoisotopic (exact) mass is 267 g/mol. The maximum Gasteiger partial charge on any atom is 0.326 e. The van der Waals surface area contributed by atoms with Gasteiger partial charge in [0.15, 0.2) is 0 Å². The summed E-state index contributed by atoms with van der Waals surface area (Å²) in [5, 5.41) is 12.0. The predicted molar refractivity (Wildman–Crippen MR) is 72.3 cm³/mol. The molecule has 0 saturated heterocycles. The maximum absolute atomic E-state index is 11.2. The van der Waals surface area contributed by atoms with Gasteiger partial charge in [-0.05, 0) is 18.3 Å². The molecule has 0 amide bonds. The van der Waals surface area contributed by atoms with E-state index in [2.05, 4.69) is 36.1 Å². The molecule has 0 bridgehead atoms. The van der Waals surface area contributed by atoms with Crippen LogP contribution in [-0.4, -0.2) is 34.2 Å². The summed E-state index contributed by atoms with van der Waals surface area (Å²) in [7, 11) is 1.50. The molecular weight excluding hydrogens is 246 g/mol. The molecule has 1 heterocycles. The van der Waals surface area contributed by atoms with Crippen molar-refractivity contribution in [1.82, 2.24) is 9.97 Å². The first-order valence-corrected chi connectivity index (χ1v) is 6.18. The third kappa shape index (κ3) is 5.54. The highest BCUT2D eigenvalue weighted by atomic mass is 16.5. The van der Waals surface area contributed by atoms with E-state index in [1.807, 2.05) is 0 Å². The molecule has 0 fully saturated rings. The van der Waals surface area contributed by atoms with E-state index < -0.39 is 12.0 Å². The number of carboxylic acids is 1. The van der Waals surface area contributed by atoms with Crippen molar-refractivity contribution in [3.63, 3.8) is 0 Å². The van der Waals surface area contributed by atoms with E-state index in [-0.39, 0.29) is 11.4 Å². The Kier molecular flexibility index (Phi) is 5.09. The van der Waals surface area contributed by atoms with E-state index in [0.29, 0.717) is 12.3 Å². The summed E-state index contributed by atoms with van der Waals surface area (Å²) >= 11 is 0. The SMILES string of the molecule is COc1ccnc(N[C@@H](CCC(C)(C)C)C(=O)O)n1. The minimum atomic E-state index is -0.907. The van der Waals surface area contributed by atoms with Gasteiger partial charge in [-0.3, -0.25) is 0 Å². The zero-order chi connectivity index (χ0) is 14.5. The van der Waals surface area contributed by atoms with Crippen LogP contribution >= 0.6 is 0 Å². The fraction of sp³-hybridized carbons (Fsp3) is 0.615. The molecule has 19 heavy (non-hydrogen) atoms. The van der Waals surface area contributed by atoms with Crippen molar-refractivity contribution >= 4 is 11.9 Å². The molecule has 6 heteroatoms. The molecule has 106 valence electrons. The quantitative estimate of drug-likeness (QED) is 0.821. The van der Waals surface area contributed by atoms with Gasteiger partial charge in [-0.1, -0.05) is 20.8 Å². The first-order chi connectivity index (χ1) is 8.81. The van der Waals surface area contributed by atoms with Gasteiger partial charge in [0.1, 0.15) is 6.04 Å². The standard InChI is InChI=1S/C13H21N3O3/c1-13(2,3)7-5-9(11(17)18)15-12-14-8-6-10(16-12)19-4/h6,8-9H,5,7H2,1-4H3,(H,17,18)(H,14,15,16)/t9-/m0/s1. The van der Waals surface area contributed by atoms with Crippen LogP contribution in [0.1, 0.15) is 33.6 Å². The van der Waals surface area contributed by atoms with Gasteiger partial charge in [0.2, 0.25) is 11.8 Å². The van der Waals surface area contributed by atoms with Crippen molar-refractivity contribution in [2.75, 3.05) is 12.4 Å². The van der Waals surface area contributed by atoms with E-state index in [1.54, 1.807) is 6.07 Å². The topological polar surface area (TPSA) is 84.3 Å². The molecule has 0 spiro atoms. The normalized spacial score (nSPS) is 12.8. The number of methoxy groups -OCH3 is 1. The van der Waals surface area contributed by atoms with Crippen molar-refractivity contribution in [1.29, 1.82) is 0 Å². The Morgan fingerprint density at radius 3 is 2.74 bits per heavy atom. The summed E-state index contributed by atoms with van der Waals surface area (Å²) in [4.78, 5) is 19.3. The molecule has 0 aliphatic rings. The molecule has 0 radical (unpaired) electrons. The average Bonchev–Trinajstić information content (AvgIpc) is 2.33. The number of aromatic nitrogens is 2. The molecule has 1 aromatic heterocycles. The Balaban J connectivity index is 2.70. The van der Waals surface area contributed by atoms with Crippen LogP contribution in [0.3, 0.4) is 0 Å². The Morgan fingerprint density at radius 1 is 1.53 bits per heavy atom. The highest BCUT2D eigenvalue weighted by Crippen LogP contribution is 2.22. The van der Waals surface area contributed by atoms with Crippen LogP contribution < -0.4 is 10.1 Å². The third-order valence-corrected chi connectivity index (χ3v) is 2.62. The largest absolute Gasteiger partial charge is 0.481 e. The minimum Gasteiger partial charge on any atom is -0.481 e. The minimum absolute atomic E-state index is 0.0879. The highest BCUT2D eigenvalue weighted by Gasteiger charge is 2.21. The molecule has 0 aliphatic heterocycles. The molecule has 1 atom stereocenters. The lowest BCUT2D eigenvalue weighted by Crippen LogP contribution is -2.31. The molecule has 0 saturated carbocycles. The number of nitrogens with zero attached hydrogens (tertiary/aromatic N) is 2. The highest BCUT2D eigenvalue weighted by molar-refractivity contribution is 5.76. The van der Waals surface area contributed by atoms with Gasteiger partial charge in [-0.2, -0.15) is 4.98 Å². The van der Waals surface area contributed by atoms with Crippen molar-refractivity contribution in [3.8, 4) is 5.88 Å². The van der Waals surface area contributed by atoms with Gasteiger partial charge in [0.05, 0.1) is 7.11 Å². The Hall–Kier alpha value is -1.85. The second kappa shape index (κ2) is 6.36. The lowest BCUT2D eigenvalue weighted by atomic mass is 9.89. The summed E-state index contributed by atoms with van der Waals surface area (Å²) in [5.74, 6) is -0.242. The van der Waals surface area contributed by atoms with Gasteiger partial charge in [0, 0.05) is 12.3 Å². The molecule has 1 rings (SSSR count). The van der Waals surface area contributed by atoms with E-state index >= 15 is 0 Å². The van der Waals surface area contributed by atoms with Crippen LogP contribution in [0.25, 0.3) is 0 Å². The lowest BCUT2D eigenvalue weighted by molar-refractivity contribution is -0.138. The number of nitrogens with one attached hydrogen (secondary N) is 1. The van der Waals surface area contributed by atoms with Gasteiger partial charge in [-0.15, -0.1) is 0 Å².